The number of rotatable bonds is 4. The number of benzene rings is 2. The molecule has 1 aliphatic heterocycles. The van der Waals surface area contributed by atoms with Crippen LogP contribution in [0.25, 0.3) is 0 Å². The van der Waals surface area contributed by atoms with Gasteiger partial charge in [-0.3, -0.25) is 4.79 Å². The van der Waals surface area contributed by atoms with Gasteiger partial charge >= 0.3 is 5.97 Å². The van der Waals surface area contributed by atoms with Gasteiger partial charge in [0.25, 0.3) is 5.91 Å². The minimum atomic E-state index is -1.11. The Labute approximate surface area is 175 Å². The molecule has 0 aliphatic carbocycles. The summed E-state index contributed by atoms with van der Waals surface area (Å²) < 4.78 is 2.52. The summed E-state index contributed by atoms with van der Waals surface area (Å²) in [6.45, 7) is 1.96. The number of aryl methyl sites for hydroxylation is 1. The summed E-state index contributed by atoms with van der Waals surface area (Å²) in [6, 6.07) is 14.5. The molecule has 1 aliphatic rings. The van der Waals surface area contributed by atoms with Crippen LogP contribution in [0.15, 0.2) is 71.0 Å². The molecule has 0 saturated carbocycles. The first-order valence-electron chi connectivity index (χ1n) is 8.85. The van der Waals surface area contributed by atoms with Crippen LogP contribution in [0.4, 0.5) is 11.5 Å². The van der Waals surface area contributed by atoms with Gasteiger partial charge in [-0.1, -0.05) is 45.8 Å². The first-order chi connectivity index (χ1) is 13.9. The number of anilines is 2. The SMILES string of the molecule is Cc1ccc(NC(=O)c2cnn3c2NC(C(=O)O)=C[C@@H]3c2ccc(Br)cc2)cc1. The van der Waals surface area contributed by atoms with Gasteiger partial charge in [-0.25, -0.2) is 9.48 Å². The predicted octanol–water partition coefficient (Wildman–Crippen LogP) is 4.19. The molecular formula is C21H17BrN4O3. The molecule has 0 radical (unpaired) electrons. The van der Waals surface area contributed by atoms with Crippen molar-refractivity contribution in [2.75, 3.05) is 10.6 Å². The number of carbonyl (C=O) groups excluding carboxylic acids is 1. The van der Waals surface area contributed by atoms with Gasteiger partial charge in [0, 0.05) is 10.2 Å². The smallest absolute Gasteiger partial charge is 0.352 e. The van der Waals surface area contributed by atoms with Crippen molar-refractivity contribution in [1.29, 1.82) is 0 Å². The lowest BCUT2D eigenvalue weighted by Crippen LogP contribution is -2.25. The first kappa shape index (κ1) is 18.9. The average molecular weight is 453 g/mol. The summed E-state index contributed by atoms with van der Waals surface area (Å²) in [6.07, 6.45) is 3.02. The predicted molar refractivity (Wildman–Crippen MR) is 113 cm³/mol. The van der Waals surface area contributed by atoms with Crippen molar-refractivity contribution >= 4 is 39.3 Å². The number of aromatic nitrogens is 2. The van der Waals surface area contributed by atoms with Gasteiger partial charge in [-0.05, 0) is 42.8 Å². The first-order valence-corrected chi connectivity index (χ1v) is 9.65. The van der Waals surface area contributed by atoms with Crippen LogP contribution < -0.4 is 10.6 Å². The van der Waals surface area contributed by atoms with E-state index in [1.54, 1.807) is 10.8 Å². The van der Waals surface area contributed by atoms with Gasteiger partial charge in [0.05, 0.1) is 12.2 Å². The summed E-state index contributed by atoms with van der Waals surface area (Å²) >= 11 is 3.40. The topological polar surface area (TPSA) is 96.3 Å². The van der Waals surface area contributed by atoms with Crippen molar-refractivity contribution in [2.24, 2.45) is 0 Å². The highest BCUT2D eigenvalue weighted by molar-refractivity contribution is 9.10. The van der Waals surface area contributed by atoms with E-state index in [4.69, 9.17) is 0 Å². The molecule has 3 N–H and O–H groups in total. The minimum absolute atomic E-state index is 0.00435. The zero-order chi connectivity index (χ0) is 20.5. The van der Waals surface area contributed by atoms with Crippen molar-refractivity contribution in [2.45, 2.75) is 13.0 Å². The van der Waals surface area contributed by atoms with E-state index < -0.39 is 12.0 Å². The Hall–Kier alpha value is -3.39. The number of allylic oxidation sites excluding steroid dienone is 1. The van der Waals surface area contributed by atoms with Crippen molar-refractivity contribution < 1.29 is 14.7 Å². The molecule has 7 nitrogen and oxygen atoms in total. The molecular weight excluding hydrogens is 436 g/mol. The largest absolute Gasteiger partial charge is 0.477 e. The Balaban J connectivity index is 1.70. The third-order valence-electron chi connectivity index (χ3n) is 4.63. The van der Waals surface area contributed by atoms with Gasteiger partial charge < -0.3 is 15.7 Å². The van der Waals surface area contributed by atoms with Crippen molar-refractivity contribution in [3.8, 4) is 0 Å². The van der Waals surface area contributed by atoms with Gasteiger partial charge in [0.1, 0.15) is 17.1 Å². The highest BCUT2D eigenvalue weighted by atomic mass is 79.9. The monoisotopic (exact) mass is 452 g/mol. The second kappa shape index (κ2) is 7.56. The van der Waals surface area contributed by atoms with E-state index in [1.165, 1.54) is 6.20 Å². The number of aliphatic carboxylic acids is 1. The van der Waals surface area contributed by atoms with E-state index in [0.29, 0.717) is 11.5 Å². The number of carboxylic acids is 1. The molecule has 4 rings (SSSR count). The number of nitrogens with one attached hydrogen (secondary N) is 2. The Morgan fingerprint density at radius 3 is 2.48 bits per heavy atom. The zero-order valence-electron chi connectivity index (χ0n) is 15.4. The molecule has 2 aromatic carbocycles. The Kier molecular flexibility index (Phi) is 4.94. The standard InChI is InChI=1S/C21H17BrN4O3/c1-12-2-8-15(9-3-12)24-20(27)16-11-23-26-18(13-4-6-14(22)7-5-13)10-17(21(28)29)25-19(16)26/h2-11,18,25H,1H3,(H,24,27)(H,28,29)/t18-/m1/s1. The lowest BCUT2D eigenvalue weighted by Gasteiger charge is -2.24. The maximum absolute atomic E-state index is 12.8. The van der Waals surface area contributed by atoms with Crippen LogP contribution >= 0.6 is 15.9 Å². The third-order valence-corrected chi connectivity index (χ3v) is 5.16. The fraction of sp³-hybridized carbons (Fsp3) is 0.0952. The number of halogens is 1. The zero-order valence-corrected chi connectivity index (χ0v) is 17.0. The van der Waals surface area contributed by atoms with E-state index in [2.05, 4.69) is 31.7 Å². The van der Waals surface area contributed by atoms with Crippen molar-refractivity contribution in [3.63, 3.8) is 0 Å². The summed E-state index contributed by atoms with van der Waals surface area (Å²) in [5, 5.41) is 19.5. The van der Waals surface area contributed by atoms with Crippen LogP contribution in [-0.4, -0.2) is 26.8 Å². The molecule has 8 heteroatoms. The molecule has 0 fully saturated rings. The van der Waals surface area contributed by atoms with Crippen LogP contribution in [-0.2, 0) is 4.79 Å². The molecule has 1 atom stereocenters. The second-order valence-electron chi connectivity index (χ2n) is 6.68. The summed E-state index contributed by atoms with van der Waals surface area (Å²) in [5.74, 6) is -1.14. The van der Waals surface area contributed by atoms with Crippen LogP contribution in [0, 0.1) is 6.92 Å². The lowest BCUT2D eigenvalue weighted by atomic mass is 10.0. The number of hydrogen-bond acceptors (Lipinski definition) is 4. The Morgan fingerprint density at radius 1 is 1.14 bits per heavy atom. The average Bonchev–Trinajstić information content (AvgIpc) is 3.14. The van der Waals surface area contributed by atoms with E-state index in [1.807, 2.05) is 55.5 Å². The van der Waals surface area contributed by atoms with Crippen molar-refractivity contribution in [1.82, 2.24) is 9.78 Å². The second-order valence-corrected chi connectivity index (χ2v) is 7.59. The molecule has 1 aromatic heterocycles. The van der Waals surface area contributed by atoms with E-state index in [-0.39, 0.29) is 17.2 Å². The van der Waals surface area contributed by atoms with Gasteiger partial charge in [-0.2, -0.15) is 5.10 Å². The third kappa shape index (κ3) is 3.79. The van der Waals surface area contributed by atoms with E-state index in [0.717, 1.165) is 15.6 Å². The lowest BCUT2D eigenvalue weighted by molar-refractivity contribution is -0.132. The van der Waals surface area contributed by atoms with Crippen molar-refractivity contribution in [3.05, 3.63) is 87.7 Å². The number of carboxylic acid groups (broad SMARTS) is 1. The number of hydrogen-bond donors (Lipinski definition) is 3. The Bertz CT molecular complexity index is 1120. The maximum atomic E-state index is 12.8. The molecule has 3 aromatic rings. The number of carbonyl (C=O) groups is 2. The molecule has 0 unspecified atom stereocenters. The molecule has 1 amide bonds. The summed E-state index contributed by atoms with van der Waals surface area (Å²) in [5.41, 5.74) is 2.84. The summed E-state index contributed by atoms with van der Waals surface area (Å²) in [7, 11) is 0. The van der Waals surface area contributed by atoms with Crippen LogP contribution in [0.2, 0.25) is 0 Å². The van der Waals surface area contributed by atoms with Gasteiger partial charge in [-0.15, -0.1) is 0 Å². The molecule has 146 valence electrons. The van der Waals surface area contributed by atoms with Gasteiger partial charge in [0.15, 0.2) is 0 Å². The van der Waals surface area contributed by atoms with E-state index in [9.17, 15) is 14.7 Å². The maximum Gasteiger partial charge on any atom is 0.352 e. The van der Waals surface area contributed by atoms with E-state index >= 15 is 0 Å². The molecule has 0 spiro atoms. The molecule has 2 heterocycles. The highest BCUT2D eigenvalue weighted by Gasteiger charge is 2.29. The minimum Gasteiger partial charge on any atom is -0.477 e. The fourth-order valence-corrected chi connectivity index (χ4v) is 3.38. The molecule has 0 saturated heterocycles. The normalized spacial score (nSPS) is 15.1. The number of nitrogens with zero attached hydrogens (tertiary/aromatic N) is 2. The number of amides is 1. The van der Waals surface area contributed by atoms with Crippen LogP contribution in [0.3, 0.4) is 0 Å². The fourth-order valence-electron chi connectivity index (χ4n) is 3.12. The quantitative estimate of drug-likeness (QED) is 0.551. The highest BCUT2D eigenvalue weighted by Crippen LogP contribution is 2.33. The molecule has 0 bridgehead atoms. The Morgan fingerprint density at radius 2 is 1.83 bits per heavy atom. The summed E-state index contributed by atoms with van der Waals surface area (Å²) in [4.78, 5) is 24.5. The van der Waals surface area contributed by atoms with Crippen LogP contribution in [0.1, 0.15) is 27.5 Å². The number of fused-ring (bicyclic) bond motifs is 1. The van der Waals surface area contributed by atoms with Gasteiger partial charge in [0.2, 0.25) is 0 Å². The molecule has 29 heavy (non-hydrogen) atoms. The van der Waals surface area contributed by atoms with Crippen LogP contribution in [0.5, 0.6) is 0 Å².